The summed E-state index contributed by atoms with van der Waals surface area (Å²) in [4.78, 5) is 27.7. The summed E-state index contributed by atoms with van der Waals surface area (Å²) < 4.78 is 10.3. The van der Waals surface area contributed by atoms with Gasteiger partial charge in [-0.05, 0) is 0 Å². The minimum atomic E-state index is -4.53. The Morgan fingerprint density at radius 3 is 1.83 bits per heavy atom. The van der Waals surface area contributed by atoms with E-state index in [-0.39, 0.29) is 51.5 Å². The van der Waals surface area contributed by atoms with Crippen molar-refractivity contribution in [1.82, 2.24) is 9.99 Å². The van der Waals surface area contributed by atoms with Gasteiger partial charge < -0.3 is 41.7 Å². The van der Waals surface area contributed by atoms with E-state index in [1.807, 2.05) is 0 Å². The fourth-order valence-corrected chi connectivity index (χ4v) is 0.952. The van der Waals surface area contributed by atoms with Gasteiger partial charge in [0.2, 0.25) is 0 Å². The molecule has 14 heteroatoms. The van der Waals surface area contributed by atoms with Crippen LogP contribution in [0.1, 0.15) is 0 Å². The number of nitrogens with zero attached hydrogens (tertiary/aromatic N) is 1. The molecule has 18 heavy (non-hydrogen) atoms. The van der Waals surface area contributed by atoms with E-state index < -0.39 is 26.2 Å². The molecule has 0 saturated heterocycles. The summed E-state index contributed by atoms with van der Waals surface area (Å²) in [6.45, 7) is -0.508. The van der Waals surface area contributed by atoms with Gasteiger partial charge in [-0.2, -0.15) is 0 Å². The van der Waals surface area contributed by atoms with Crippen LogP contribution in [0.4, 0.5) is 0 Å². The molecule has 0 aliphatic carbocycles. The zero-order chi connectivity index (χ0) is 10.6. The van der Waals surface area contributed by atoms with Gasteiger partial charge in [0, 0.05) is 7.05 Å². The predicted octanol–water partition coefficient (Wildman–Crippen LogP) is -5.33. The molecule has 0 saturated carbocycles. The van der Waals surface area contributed by atoms with Gasteiger partial charge in [-0.1, -0.05) is 0 Å². The number of likely N-dealkylation sites (N-methyl/N-ethyl adjacent to an activating group) is 1. The first-order valence-corrected chi connectivity index (χ1v) is 4.69. The molecule has 110 valence electrons. The Kier molecular flexibility index (Phi) is 29.6. The average Bonchev–Trinajstić information content (AvgIpc) is 1.81. The first kappa shape index (κ1) is 36.1. The van der Waals surface area contributed by atoms with Crippen LogP contribution in [0.15, 0.2) is 0 Å². The second-order valence-corrected chi connectivity index (χ2v) is 3.57. The Balaban J connectivity index is -0.0000000720. The molecule has 0 spiro atoms. The van der Waals surface area contributed by atoms with Crippen molar-refractivity contribution >= 4 is 49.2 Å². The van der Waals surface area contributed by atoms with Crippen LogP contribution in [-0.4, -0.2) is 96.8 Å². The molecule has 0 heterocycles. The third kappa shape index (κ3) is 21.1. The standard InChI is InChI=1S/C4H10N3O5P.Na.4H2O.H/c1-7(2-3(8)9)4(5)6-13(10,11)12;;;;;;/h2H2,1H3,(H,8,9)(H4,5,6,10,11,12);;4*1H2;. The van der Waals surface area contributed by atoms with Gasteiger partial charge in [0.25, 0.3) is 0 Å². The van der Waals surface area contributed by atoms with Crippen LogP contribution >= 0.6 is 7.75 Å². The Labute approximate surface area is 124 Å². The first-order chi connectivity index (χ1) is 5.72. The maximum absolute atomic E-state index is 10.3. The number of aliphatic carboxylic acids is 1. The van der Waals surface area contributed by atoms with E-state index in [4.69, 9.17) is 20.3 Å². The van der Waals surface area contributed by atoms with Crippen molar-refractivity contribution in [2.75, 3.05) is 13.6 Å². The van der Waals surface area contributed by atoms with Crippen LogP contribution in [0.2, 0.25) is 0 Å². The van der Waals surface area contributed by atoms with E-state index in [1.165, 1.54) is 12.1 Å². The Morgan fingerprint density at radius 2 is 1.61 bits per heavy atom. The van der Waals surface area contributed by atoms with Gasteiger partial charge in [0.05, 0.1) is 0 Å². The molecule has 0 fully saturated rings. The summed E-state index contributed by atoms with van der Waals surface area (Å²) >= 11 is 0. The van der Waals surface area contributed by atoms with E-state index in [0.717, 1.165) is 4.90 Å². The molecular weight excluding hydrogens is 288 g/mol. The Hall–Kier alpha value is -0.270. The fraction of sp³-hybridized carbons (Fsp3) is 0.500. The van der Waals surface area contributed by atoms with Crippen molar-refractivity contribution in [2.45, 2.75) is 0 Å². The van der Waals surface area contributed by atoms with Crippen LogP contribution < -0.4 is 5.09 Å². The fourth-order valence-electron chi connectivity index (χ4n) is 0.505. The van der Waals surface area contributed by atoms with Crippen molar-refractivity contribution in [1.29, 1.82) is 5.41 Å². The van der Waals surface area contributed by atoms with E-state index in [1.54, 1.807) is 0 Å². The zero-order valence-corrected chi connectivity index (χ0v) is 9.65. The molecule has 0 aromatic rings. The van der Waals surface area contributed by atoms with Gasteiger partial charge in [0.1, 0.15) is 6.54 Å². The average molecular weight is 307 g/mol. The first-order valence-electron chi connectivity index (χ1n) is 3.07. The number of guanidine groups is 1. The van der Waals surface area contributed by atoms with E-state index in [2.05, 4.69) is 0 Å². The molecule has 0 amide bonds. The third-order valence-corrected chi connectivity index (χ3v) is 1.51. The predicted molar refractivity (Wildman–Crippen MR) is 64.8 cm³/mol. The number of carboxylic acids is 1. The minimum absolute atomic E-state index is 0. The van der Waals surface area contributed by atoms with Crippen molar-refractivity contribution in [3.8, 4) is 0 Å². The van der Waals surface area contributed by atoms with E-state index >= 15 is 0 Å². The normalized spacial score (nSPS) is 7.72. The zero-order valence-electron chi connectivity index (χ0n) is 8.76. The second-order valence-electron chi connectivity index (χ2n) is 2.25. The van der Waals surface area contributed by atoms with E-state index in [0.29, 0.717) is 0 Å². The van der Waals surface area contributed by atoms with Crippen molar-refractivity contribution in [2.24, 2.45) is 0 Å². The summed E-state index contributed by atoms with van der Waals surface area (Å²) in [7, 11) is -3.31. The molecule has 0 aromatic carbocycles. The molecule has 0 atom stereocenters. The van der Waals surface area contributed by atoms with Gasteiger partial charge in [0.15, 0.2) is 5.96 Å². The van der Waals surface area contributed by atoms with Gasteiger partial charge in [-0.3, -0.25) is 15.3 Å². The SMILES string of the molecule is CN(CC(=O)O)C(=N)NP(=O)(O)O.O.O.O.O.[NaH]. The van der Waals surface area contributed by atoms with Crippen molar-refractivity contribution in [3.05, 3.63) is 0 Å². The molecule has 0 rings (SSSR count). The van der Waals surface area contributed by atoms with Crippen LogP contribution in [0.25, 0.3) is 0 Å². The summed E-state index contributed by atoms with van der Waals surface area (Å²) in [5.41, 5.74) is 0. The van der Waals surface area contributed by atoms with E-state index in [9.17, 15) is 9.36 Å². The summed E-state index contributed by atoms with van der Waals surface area (Å²) in [6, 6.07) is 0. The Morgan fingerprint density at radius 1 is 1.28 bits per heavy atom. The molecular formula is C4H19N3NaO9P. The molecule has 0 aliphatic heterocycles. The van der Waals surface area contributed by atoms with Crippen LogP contribution in [0.5, 0.6) is 0 Å². The topological polar surface area (TPSA) is 260 Å². The Bertz CT molecular complexity index is 271. The van der Waals surface area contributed by atoms with Gasteiger partial charge in [-0.25, -0.2) is 4.57 Å². The van der Waals surface area contributed by atoms with Crippen LogP contribution in [-0.2, 0) is 9.36 Å². The quantitative estimate of drug-likeness (QED) is 0.146. The maximum atomic E-state index is 10.3. The number of nitrogens with one attached hydrogen (secondary N) is 2. The summed E-state index contributed by atoms with van der Waals surface area (Å²) in [5, 5.41) is 16.8. The van der Waals surface area contributed by atoms with Crippen LogP contribution in [0.3, 0.4) is 0 Å². The van der Waals surface area contributed by atoms with Gasteiger partial charge in [-0.15, -0.1) is 0 Å². The molecule has 12 nitrogen and oxygen atoms in total. The molecule has 13 N–H and O–H groups in total. The molecule has 0 aliphatic rings. The summed E-state index contributed by atoms with van der Waals surface area (Å²) in [5.74, 6) is -1.84. The third-order valence-electron chi connectivity index (χ3n) is 1.01. The molecule has 0 aromatic heterocycles. The molecule has 0 bridgehead atoms. The van der Waals surface area contributed by atoms with Crippen molar-refractivity contribution < 1.29 is 46.2 Å². The number of rotatable bonds is 3. The monoisotopic (exact) mass is 307 g/mol. The molecule has 0 radical (unpaired) electrons. The van der Waals surface area contributed by atoms with Crippen molar-refractivity contribution in [3.63, 3.8) is 0 Å². The van der Waals surface area contributed by atoms with Gasteiger partial charge >= 0.3 is 43.3 Å². The number of carboxylic acid groups (broad SMARTS) is 1. The molecule has 0 unspecified atom stereocenters. The number of hydrogen-bond acceptors (Lipinski definition) is 3. The summed E-state index contributed by atoms with van der Waals surface area (Å²) in [6.07, 6.45) is 0. The number of hydrogen-bond donors (Lipinski definition) is 5. The second kappa shape index (κ2) is 14.8. The van der Waals surface area contributed by atoms with Crippen LogP contribution in [0, 0.1) is 5.41 Å². The number of carbonyl (C=O) groups is 1.